The lowest BCUT2D eigenvalue weighted by atomic mass is 10.1. The average Bonchev–Trinajstić information content (AvgIpc) is 3.47. The first-order chi connectivity index (χ1) is 13.7. The molecule has 1 aromatic heterocycles. The topological polar surface area (TPSA) is 80.8 Å². The van der Waals surface area contributed by atoms with Crippen LogP contribution in [0.25, 0.3) is 11.3 Å². The predicted molar refractivity (Wildman–Crippen MR) is 104 cm³/mol. The molecule has 2 fully saturated rings. The van der Waals surface area contributed by atoms with E-state index in [1.54, 1.807) is 0 Å². The molecule has 0 spiro atoms. The van der Waals surface area contributed by atoms with Gasteiger partial charge in [0.1, 0.15) is 0 Å². The SMILES string of the molecule is O=C(Nc1nc(-c2ccc3c(c2)OCO3)cs1)[C@@H]1CC(=O)N(C2CCCC2)C1. The van der Waals surface area contributed by atoms with Crippen LogP contribution in [0.2, 0.25) is 0 Å². The molecule has 3 aliphatic rings. The smallest absolute Gasteiger partial charge is 0.231 e. The Labute approximate surface area is 166 Å². The number of carbonyl (C=O) groups excluding carboxylic acids is 2. The van der Waals surface area contributed by atoms with Gasteiger partial charge in [0.2, 0.25) is 18.6 Å². The lowest BCUT2D eigenvalue weighted by molar-refractivity contribution is -0.129. The minimum absolute atomic E-state index is 0.104. The van der Waals surface area contributed by atoms with Crippen molar-refractivity contribution in [3.05, 3.63) is 23.6 Å². The Hall–Kier alpha value is -2.61. The molecule has 3 heterocycles. The molecule has 8 heteroatoms. The molecule has 1 saturated heterocycles. The number of hydrogen-bond acceptors (Lipinski definition) is 6. The number of thiazole rings is 1. The maximum absolute atomic E-state index is 12.7. The summed E-state index contributed by atoms with van der Waals surface area (Å²) in [4.78, 5) is 31.4. The van der Waals surface area contributed by atoms with Gasteiger partial charge < -0.3 is 19.7 Å². The van der Waals surface area contributed by atoms with Crippen LogP contribution < -0.4 is 14.8 Å². The van der Waals surface area contributed by atoms with Gasteiger partial charge in [0.25, 0.3) is 0 Å². The van der Waals surface area contributed by atoms with E-state index in [-0.39, 0.29) is 24.5 Å². The molecule has 28 heavy (non-hydrogen) atoms. The molecule has 1 aliphatic carbocycles. The van der Waals surface area contributed by atoms with Gasteiger partial charge in [0.15, 0.2) is 16.6 Å². The summed E-state index contributed by atoms with van der Waals surface area (Å²) in [7, 11) is 0. The van der Waals surface area contributed by atoms with Crippen LogP contribution in [0.3, 0.4) is 0 Å². The van der Waals surface area contributed by atoms with Crippen LogP contribution in [-0.2, 0) is 9.59 Å². The highest BCUT2D eigenvalue weighted by Crippen LogP contribution is 2.37. The summed E-state index contributed by atoms with van der Waals surface area (Å²) in [5, 5.41) is 5.34. The number of nitrogens with one attached hydrogen (secondary N) is 1. The van der Waals surface area contributed by atoms with Gasteiger partial charge in [0.05, 0.1) is 11.6 Å². The van der Waals surface area contributed by atoms with Crippen molar-refractivity contribution in [2.24, 2.45) is 5.92 Å². The van der Waals surface area contributed by atoms with Crippen molar-refractivity contribution < 1.29 is 19.1 Å². The minimum Gasteiger partial charge on any atom is -0.454 e. The van der Waals surface area contributed by atoms with Crippen molar-refractivity contribution in [1.82, 2.24) is 9.88 Å². The van der Waals surface area contributed by atoms with E-state index in [1.807, 2.05) is 28.5 Å². The van der Waals surface area contributed by atoms with Crippen molar-refractivity contribution in [3.8, 4) is 22.8 Å². The number of hydrogen-bond donors (Lipinski definition) is 1. The van der Waals surface area contributed by atoms with E-state index >= 15 is 0 Å². The fourth-order valence-corrected chi connectivity index (χ4v) is 4.93. The molecule has 146 valence electrons. The maximum atomic E-state index is 12.7. The Bertz CT molecular complexity index is 922. The minimum atomic E-state index is -0.300. The maximum Gasteiger partial charge on any atom is 0.231 e. The molecule has 1 aromatic carbocycles. The Morgan fingerprint density at radius 1 is 1.21 bits per heavy atom. The number of fused-ring (bicyclic) bond motifs is 1. The van der Waals surface area contributed by atoms with Crippen LogP contribution in [0.1, 0.15) is 32.1 Å². The second-order valence-electron chi connectivity index (χ2n) is 7.48. The highest BCUT2D eigenvalue weighted by atomic mass is 32.1. The quantitative estimate of drug-likeness (QED) is 0.853. The number of nitrogens with zero attached hydrogens (tertiary/aromatic N) is 2. The molecule has 7 nitrogen and oxygen atoms in total. The zero-order valence-electron chi connectivity index (χ0n) is 15.3. The van der Waals surface area contributed by atoms with Crippen LogP contribution in [0.4, 0.5) is 5.13 Å². The number of ether oxygens (including phenoxy) is 2. The number of benzene rings is 1. The first-order valence-corrected chi connectivity index (χ1v) is 10.5. The summed E-state index contributed by atoms with van der Waals surface area (Å²) in [5.41, 5.74) is 1.68. The van der Waals surface area contributed by atoms with E-state index in [0.717, 1.165) is 29.8 Å². The predicted octanol–water partition coefficient (Wildman–Crippen LogP) is 3.27. The molecule has 2 amide bonds. The normalized spacial score (nSPS) is 21.5. The Balaban J connectivity index is 1.24. The molecule has 1 saturated carbocycles. The van der Waals surface area contributed by atoms with Gasteiger partial charge in [-0.15, -0.1) is 11.3 Å². The lowest BCUT2D eigenvalue weighted by Gasteiger charge is -2.23. The van der Waals surface area contributed by atoms with Gasteiger partial charge in [-0.2, -0.15) is 0 Å². The van der Waals surface area contributed by atoms with E-state index in [1.165, 1.54) is 24.2 Å². The number of rotatable bonds is 4. The molecule has 0 unspecified atom stereocenters. The lowest BCUT2D eigenvalue weighted by Crippen LogP contribution is -2.35. The third-order valence-electron chi connectivity index (χ3n) is 5.70. The molecule has 1 N–H and O–H groups in total. The second-order valence-corrected chi connectivity index (χ2v) is 8.34. The summed E-state index contributed by atoms with van der Waals surface area (Å²) < 4.78 is 10.7. The zero-order chi connectivity index (χ0) is 19.1. The van der Waals surface area contributed by atoms with Crippen molar-refractivity contribution >= 4 is 28.3 Å². The summed E-state index contributed by atoms with van der Waals surface area (Å²) in [6, 6.07) is 5.99. The van der Waals surface area contributed by atoms with E-state index in [2.05, 4.69) is 10.3 Å². The van der Waals surface area contributed by atoms with Crippen LogP contribution in [0.5, 0.6) is 11.5 Å². The van der Waals surface area contributed by atoms with E-state index < -0.39 is 0 Å². The van der Waals surface area contributed by atoms with Gasteiger partial charge in [-0.05, 0) is 31.0 Å². The number of aromatic nitrogens is 1. The Kier molecular flexibility index (Phi) is 4.43. The van der Waals surface area contributed by atoms with Gasteiger partial charge in [0, 0.05) is 30.0 Å². The van der Waals surface area contributed by atoms with Crippen LogP contribution in [0, 0.1) is 5.92 Å². The summed E-state index contributed by atoms with van der Waals surface area (Å²) >= 11 is 1.38. The molecule has 0 bridgehead atoms. The molecule has 5 rings (SSSR count). The van der Waals surface area contributed by atoms with Crippen molar-refractivity contribution in [2.75, 3.05) is 18.7 Å². The zero-order valence-corrected chi connectivity index (χ0v) is 16.2. The molecular formula is C20H21N3O4S. The van der Waals surface area contributed by atoms with E-state index in [4.69, 9.17) is 9.47 Å². The molecule has 2 aromatic rings. The van der Waals surface area contributed by atoms with Crippen molar-refractivity contribution in [3.63, 3.8) is 0 Å². The third kappa shape index (κ3) is 3.22. The fourth-order valence-electron chi connectivity index (χ4n) is 4.20. The number of carbonyl (C=O) groups is 2. The Morgan fingerprint density at radius 3 is 2.89 bits per heavy atom. The van der Waals surface area contributed by atoms with E-state index in [9.17, 15) is 9.59 Å². The summed E-state index contributed by atoms with van der Waals surface area (Å²) in [6.07, 6.45) is 4.76. The molecule has 1 atom stereocenters. The summed E-state index contributed by atoms with van der Waals surface area (Å²) in [5.74, 6) is 1.11. The molecule has 2 aliphatic heterocycles. The number of amides is 2. The largest absolute Gasteiger partial charge is 0.454 e. The van der Waals surface area contributed by atoms with Crippen molar-refractivity contribution in [1.29, 1.82) is 0 Å². The van der Waals surface area contributed by atoms with Gasteiger partial charge >= 0.3 is 0 Å². The highest BCUT2D eigenvalue weighted by Gasteiger charge is 2.38. The first-order valence-electron chi connectivity index (χ1n) is 9.63. The third-order valence-corrected chi connectivity index (χ3v) is 6.46. The molecular weight excluding hydrogens is 378 g/mol. The summed E-state index contributed by atoms with van der Waals surface area (Å²) in [6.45, 7) is 0.755. The van der Waals surface area contributed by atoms with Crippen LogP contribution >= 0.6 is 11.3 Å². The highest BCUT2D eigenvalue weighted by molar-refractivity contribution is 7.14. The second kappa shape index (κ2) is 7.09. The van der Waals surface area contributed by atoms with E-state index in [0.29, 0.717) is 29.9 Å². The van der Waals surface area contributed by atoms with Gasteiger partial charge in [-0.3, -0.25) is 9.59 Å². The molecule has 0 radical (unpaired) electrons. The Morgan fingerprint density at radius 2 is 2.04 bits per heavy atom. The van der Waals surface area contributed by atoms with Gasteiger partial charge in [-0.25, -0.2) is 4.98 Å². The monoisotopic (exact) mass is 399 g/mol. The standard InChI is InChI=1S/C20H21N3O4S/c24-18-8-13(9-23(18)14-3-1-2-4-14)19(25)22-20-21-15(10-28-20)12-5-6-16-17(7-12)27-11-26-16/h5-7,10,13-14H,1-4,8-9,11H2,(H,21,22,25)/t13-/m1/s1. The van der Waals surface area contributed by atoms with Crippen LogP contribution in [-0.4, -0.2) is 41.1 Å². The van der Waals surface area contributed by atoms with Crippen LogP contribution in [0.15, 0.2) is 23.6 Å². The van der Waals surface area contributed by atoms with Gasteiger partial charge in [-0.1, -0.05) is 12.8 Å². The fraction of sp³-hybridized carbons (Fsp3) is 0.450. The average molecular weight is 399 g/mol. The number of anilines is 1. The number of likely N-dealkylation sites (tertiary alicyclic amines) is 1. The van der Waals surface area contributed by atoms with Crippen molar-refractivity contribution in [2.45, 2.75) is 38.1 Å². The first kappa shape index (κ1) is 17.5.